The fourth-order valence-electron chi connectivity index (χ4n) is 8.12. The summed E-state index contributed by atoms with van der Waals surface area (Å²) < 4.78 is 17.4. The van der Waals surface area contributed by atoms with Gasteiger partial charge < -0.3 is 19.5 Å². The maximum Gasteiger partial charge on any atom is 0.303 e. The van der Waals surface area contributed by atoms with E-state index in [1.54, 1.807) is 5.57 Å². The normalized spacial score (nSPS) is 41.2. The van der Waals surface area contributed by atoms with Crippen molar-refractivity contribution in [1.29, 1.82) is 0 Å². The van der Waals surface area contributed by atoms with Crippen molar-refractivity contribution >= 4 is 12.4 Å². The largest absolute Gasteiger partial charge is 0.459 e. The number of carbonyl (C=O) groups is 2. The molecule has 4 aliphatic carbocycles. The van der Waals surface area contributed by atoms with E-state index in [0.717, 1.165) is 70.3 Å². The molecule has 0 bridgehead atoms. The van der Waals surface area contributed by atoms with E-state index in [4.69, 9.17) is 14.2 Å². The SMILES string of the molecule is CC(=O)OC/C(NC=O)=C1\CC[C@H]2[C@@H]3CC=C4CC5(CC[C@]4(C)[C@H]3CC[C@]12C)OCCO5. The van der Waals surface area contributed by atoms with Gasteiger partial charge in [-0.05, 0) is 72.7 Å². The van der Waals surface area contributed by atoms with E-state index in [2.05, 4.69) is 25.2 Å². The Hall–Kier alpha value is -1.66. The molecular weight excluding hydrogens is 406 g/mol. The summed E-state index contributed by atoms with van der Waals surface area (Å²) >= 11 is 0. The van der Waals surface area contributed by atoms with E-state index in [-0.39, 0.29) is 29.2 Å². The topological polar surface area (TPSA) is 73.9 Å². The Morgan fingerprint density at radius 2 is 1.91 bits per heavy atom. The summed E-state index contributed by atoms with van der Waals surface area (Å²) in [6.07, 6.45) is 11.9. The van der Waals surface area contributed by atoms with Gasteiger partial charge in [0.05, 0.1) is 18.9 Å². The molecule has 1 saturated heterocycles. The molecule has 1 aliphatic heterocycles. The molecule has 4 fully saturated rings. The molecular formula is C26H37NO5. The zero-order chi connectivity index (χ0) is 22.6. The standard InChI is InChI=1S/C26H37NO5/c1-17(29)30-15-23(27-16-28)22-7-6-20-19-5-4-18-14-26(31-12-13-32-26)11-10-24(18,2)21(19)8-9-25(20,22)3/h4,16,19-21H,5-15H2,1-3H3,(H,27,28)/b23-22-/t19-,20-,21-,24-,25-/m0/s1. The van der Waals surface area contributed by atoms with Crippen LogP contribution in [0.4, 0.5) is 0 Å². The minimum atomic E-state index is -0.364. The molecule has 6 heteroatoms. The Bertz CT molecular complexity index is 856. The Labute approximate surface area is 191 Å². The zero-order valence-corrected chi connectivity index (χ0v) is 19.7. The molecule has 0 radical (unpaired) electrons. The summed E-state index contributed by atoms with van der Waals surface area (Å²) in [5.74, 6) is 1.26. The van der Waals surface area contributed by atoms with Crippen LogP contribution in [0.15, 0.2) is 22.9 Å². The van der Waals surface area contributed by atoms with E-state index in [1.165, 1.54) is 18.9 Å². The summed E-state index contributed by atoms with van der Waals surface area (Å²) in [4.78, 5) is 22.7. The van der Waals surface area contributed by atoms with Crippen molar-refractivity contribution in [3.63, 3.8) is 0 Å². The Balaban J connectivity index is 1.42. The van der Waals surface area contributed by atoms with Gasteiger partial charge in [0, 0.05) is 19.8 Å². The highest BCUT2D eigenvalue weighted by Crippen LogP contribution is 2.67. The van der Waals surface area contributed by atoms with E-state index in [1.807, 2.05) is 0 Å². The average Bonchev–Trinajstić information content (AvgIpc) is 3.36. The molecule has 32 heavy (non-hydrogen) atoms. The van der Waals surface area contributed by atoms with E-state index >= 15 is 0 Å². The van der Waals surface area contributed by atoms with Gasteiger partial charge in [0.25, 0.3) is 0 Å². The third-order valence-corrected chi connectivity index (χ3v) is 9.73. The van der Waals surface area contributed by atoms with Gasteiger partial charge in [-0.15, -0.1) is 0 Å². The van der Waals surface area contributed by atoms with Gasteiger partial charge in [-0.1, -0.05) is 25.5 Å². The fourth-order valence-corrected chi connectivity index (χ4v) is 8.12. The van der Waals surface area contributed by atoms with Crippen LogP contribution in [-0.4, -0.2) is 38.0 Å². The van der Waals surface area contributed by atoms with Crippen LogP contribution < -0.4 is 5.32 Å². The number of hydrogen-bond acceptors (Lipinski definition) is 5. The second kappa shape index (κ2) is 7.98. The van der Waals surface area contributed by atoms with Crippen molar-refractivity contribution in [3.8, 4) is 0 Å². The lowest BCUT2D eigenvalue weighted by atomic mass is 9.47. The molecule has 5 rings (SSSR count). The van der Waals surface area contributed by atoms with Crippen LogP contribution in [0.25, 0.3) is 0 Å². The van der Waals surface area contributed by atoms with Crippen LogP contribution in [0.1, 0.15) is 72.1 Å². The van der Waals surface area contributed by atoms with E-state index in [0.29, 0.717) is 17.8 Å². The first-order chi connectivity index (χ1) is 15.3. The van der Waals surface area contributed by atoms with Crippen LogP contribution >= 0.6 is 0 Å². The predicted octanol–water partition coefficient (Wildman–Crippen LogP) is 4.26. The van der Waals surface area contributed by atoms with Gasteiger partial charge in [0.1, 0.15) is 6.61 Å². The number of amides is 1. The lowest BCUT2D eigenvalue weighted by Crippen LogP contribution is -2.52. The quantitative estimate of drug-likeness (QED) is 0.399. The molecule has 5 aliphatic rings. The number of ether oxygens (including phenoxy) is 3. The van der Waals surface area contributed by atoms with Gasteiger partial charge >= 0.3 is 5.97 Å². The fraction of sp³-hybridized carbons (Fsp3) is 0.769. The molecule has 1 N–H and O–H groups in total. The monoisotopic (exact) mass is 443 g/mol. The summed E-state index contributed by atoms with van der Waals surface area (Å²) in [6.45, 7) is 7.88. The minimum absolute atomic E-state index is 0.0575. The molecule has 6 nitrogen and oxygen atoms in total. The molecule has 1 heterocycles. The van der Waals surface area contributed by atoms with Gasteiger partial charge in [0.2, 0.25) is 6.41 Å². The Morgan fingerprint density at radius 3 is 2.62 bits per heavy atom. The van der Waals surface area contributed by atoms with Crippen molar-refractivity contribution in [2.24, 2.45) is 28.6 Å². The first-order valence-electron chi connectivity index (χ1n) is 12.3. The van der Waals surface area contributed by atoms with Crippen molar-refractivity contribution in [2.45, 2.75) is 77.9 Å². The molecule has 3 saturated carbocycles. The molecule has 5 atom stereocenters. The lowest BCUT2D eigenvalue weighted by molar-refractivity contribution is -0.184. The Kier molecular flexibility index (Phi) is 5.52. The number of fused-ring (bicyclic) bond motifs is 5. The van der Waals surface area contributed by atoms with E-state index in [9.17, 15) is 9.59 Å². The first-order valence-corrected chi connectivity index (χ1v) is 12.3. The highest BCUT2D eigenvalue weighted by molar-refractivity contribution is 5.66. The highest BCUT2D eigenvalue weighted by atomic mass is 16.7. The molecule has 0 aromatic heterocycles. The average molecular weight is 444 g/mol. The maximum atomic E-state index is 11.4. The van der Waals surface area contributed by atoms with Gasteiger partial charge in [-0.3, -0.25) is 9.59 Å². The summed E-state index contributed by atoms with van der Waals surface area (Å²) in [7, 11) is 0. The molecule has 1 amide bonds. The molecule has 0 aromatic carbocycles. The van der Waals surface area contributed by atoms with Crippen LogP contribution in [-0.2, 0) is 23.8 Å². The lowest BCUT2D eigenvalue weighted by Gasteiger charge is -2.58. The molecule has 176 valence electrons. The van der Waals surface area contributed by atoms with Crippen molar-refractivity contribution in [2.75, 3.05) is 19.8 Å². The number of rotatable bonds is 4. The van der Waals surface area contributed by atoms with Crippen LogP contribution in [0.3, 0.4) is 0 Å². The van der Waals surface area contributed by atoms with E-state index < -0.39 is 0 Å². The number of nitrogens with one attached hydrogen (secondary N) is 1. The second-order valence-corrected chi connectivity index (χ2v) is 11.0. The van der Waals surface area contributed by atoms with Crippen LogP contribution in [0.5, 0.6) is 0 Å². The smallest absolute Gasteiger partial charge is 0.303 e. The Morgan fingerprint density at radius 1 is 1.16 bits per heavy atom. The summed E-state index contributed by atoms with van der Waals surface area (Å²) in [5, 5.41) is 2.87. The van der Waals surface area contributed by atoms with Gasteiger partial charge in [-0.2, -0.15) is 0 Å². The number of carbonyl (C=O) groups excluding carboxylic acids is 2. The van der Waals surface area contributed by atoms with Crippen molar-refractivity contribution in [1.82, 2.24) is 5.32 Å². The minimum Gasteiger partial charge on any atom is -0.459 e. The van der Waals surface area contributed by atoms with Crippen molar-refractivity contribution in [3.05, 3.63) is 22.9 Å². The predicted molar refractivity (Wildman–Crippen MR) is 119 cm³/mol. The maximum absolute atomic E-state index is 11.4. The number of esters is 1. The highest BCUT2D eigenvalue weighted by Gasteiger charge is 2.59. The second-order valence-electron chi connectivity index (χ2n) is 11.0. The number of allylic oxidation sites excluding steroid dienone is 2. The van der Waals surface area contributed by atoms with Crippen LogP contribution in [0.2, 0.25) is 0 Å². The zero-order valence-electron chi connectivity index (χ0n) is 19.7. The van der Waals surface area contributed by atoms with Crippen LogP contribution in [0, 0.1) is 28.6 Å². The first kappa shape index (κ1) is 22.1. The molecule has 1 spiro atoms. The summed E-state index contributed by atoms with van der Waals surface area (Å²) in [5.41, 5.74) is 3.94. The van der Waals surface area contributed by atoms with Crippen molar-refractivity contribution < 1.29 is 23.8 Å². The third kappa shape index (κ3) is 3.37. The summed E-state index contributed by atoms with van der Waals surface area (Å²) in [6, 6.07) is 0. The third-order valence-electron chi connectivity index (χ3n) is 9.73. The molecule has 0 unspecified atom stereocenters. The van der Waals surface area contributed by atoms with Gasteiger partial charge in [0.15, 0.2) is 5.79 Å². The molecule has 0 aromatic rings. The number of hydrogen-bond donors (Lipinski definition) is 1. The van der Waals surface area contributed by atoms with Gasteiger partial charge in [-0.25, -0.2) is 0 Å².